The average molecular weight is 463 g/mol. The van der Waals surface area contributed by atoms with Gasteiger partial charge in [-0.05, 0) is 68.4 Å². The maximum atomic E-state index is 13.1. The van der Waals surface area contributed by atoms with E-state index in [0.29, 0.717) is 37.2 Å². The zero-order valence-corrected chi connectivity index (χ0v) is 19.0. The monoisotopic (exact) mass is 462 g/mol. The molecule has 9 heteroatoms. The summed E-state index contributed by atoms with van der Waals surface area (Å²) in [5.41, 5.74) is 0.696. The van der Waals surface area contributed by atoms with Crippen LogP contribution in [0.3, 0.4) is 0 Å². The van der Waals surface area contributed by atoms with Crippen LogP contribution in [0, 0.1) is 11.7 Å². The van der Waals surface area contributed by atoms with Crippen molar-refractivity contribution < 1.29 is 27.1 Å². The SMILES string of the molecule is COc1ccc(S(C)(=O)=O)cc1C(=O)NCCN1CCC(C(=O)c2ccc(F)cc2)CC1. The van der Waals surface area contributed by atoms with E-state index < -0.39 is 15.7 Å². The Morgan fingerprint density at radius 1 is 1.12 bits per heavy atom. The van der Waals surface area contributed by atoms with E-state index in [2.05, 4.69) is 10.2 Å². The lowest BCUT2D eigenvalue weighted by Crippen LogP contribution is -2.41. The number of likely N-dealkylation sites (tertiary alicyclic amines) is 1. The molecular formula is C23H27FN2O5S. The van der Waals surface area contributed by atoms with Crippen LogP contribution in [0.4, 0.5) is 4.39 Å². The number of hydrogen-bond donors (Lipinski definition) is 1. The van der Waals surface area contributed by atoms with E-state index in [4.69, 9.17) is 4.74 Å². The van der Waals surface area contributed by atoms with Crippen molar-refractivity contribution in [1.82, 2.24) is 10.2 Å². The molecule has 0 bridgehead atoms. The highest BCUT2D eigenvalue weighted by Gasteiger charge is 2.26. The summed E-state index contributed by atoms with van der Waals surface area (Å²) in [6.07, 6.45) is 2.49. The highest BCUT2D eigenvalue weighted by molar-refractivity contribution is 7.90. The third kappa shape index (κ3) is 5.92. The lowest BCUT2D eigenvalue weighted by Gasteiger charge is -2.31. The fourth-order valence-corrected chi connectivity index (χ4v) is 4.43. The first kappa shape index (κ1) is 23.9. The van der Waals surface area contributed by atoms with Crippen molar-refractivity contribution in [2.24, 2.45) is 5.92 Å². The second-order valence-electron chi connectivity index (χ2n) is 7.88. The predicted molar refractivity (Wildman–Crippen MR) is 118 cm³/mol. The molecule has 2 aromatic carbocycles. The predicted octanol–water partition coefficient (Wildman–Crippen LogP) is 2.56. The summed E-state index contributed by atoms with van der Waals surface area (Å²) >= 11 is 0. The quantitative estimate of drug-likeness (QED) is 0.606. The van der Waals surface area contributed by atoms with Crippen molar-refractivity contribution in [1.29, 1.82) is 0 Å². The number of rotatable bonds is 8. The molecule has 0 aliphatic carbocycles. The number of benzene rings is 2. The summed E-state index contributed by atoms with van der Waals surface area (Å²) in [5.74, 6) is -0.520. The Hall–Kier alpha value is -2.78. The Bertz CT molecular complexity index is 1080. The minimum absolute atomic E-state index is 0.0378. The summed E-state index contributed by atoms with van der Waals surface area (Å²) < 4.78 is 41.8. The summed E-state index contributed by atoms with van der Waals surface area (Å²) in [6.45, 7) is 2.43. The van der Waals surface area contributed by atoms with Crippen LogP contribution in [0.2, 0.25) is 0 Å². The van der Waals surface area contributed by atoms with Crippen molar-refractivity contribution in [3.63, 3.8) is 0 Å². The zero-order chi connectivity index (χ0) is 23.3. The molecule has 0 radical (unpaired) electrons. The molecule has 32 heavy (non-hydrogen) atoms. The lowest BCUT2D eigenvalue weighted by molar-refractivity contribution is 0.0839. The van der Waals surface area contributed by atoms with Gasteiger partial charge in [-0.2, -0.15) is 0 Å². The van der Waals surface area contributed by atoms with Crippen LogP contribution in [-0.4, -0.2) is 64.6 Å². The molecule has 0 unspecified atom stereocenters. The van der Waals surface area contributed by atoms with E-state index in [0.717, 1.165) is 19.3 Å². The first-order valence-corrected chi connectivity index (χ1v) is 12.3. The number of halogens is 1. The Morgan fingerprint density at radius 2 is 1.78 bits per heavy atom. The fourth-order valence-electron chi connectivity index (χ4n) is 3.79. The van der Waals surface area contributed by atoms with E-state index in [1.165, 1.54) is 49.6 Å². The number of carbonyl (C=O) groups excluding carboxylic acids is 2. The smallest absolute Gasteiger partial charge is 0.255 e. The molecule has 1 heterocycles. The number of nitrogens with one attached hydrogen (secondary N) is 1. The first-order valence-electron chi connectivity index (χ1n) is 10.4. The van der Waals surface area contributed by atoms with E-state index in [1.54, 1.807) is 0 Å². The molecule has 1 aliphatic heterocycles. The van der Waals surface area contributed by atoms with Crippen molar-refractivity contribution in [2.45, 2.75) is 17.7 Å². The molecule has 0 aromatic heterocycles. The number of piperidine rings is 1. The number of carbonyl (C=O) groups is 2. The maximum absolute atomic E-state index is 13.1. The molecule has 0 saturated carbocycles. The molecule has 0 atom stereocenters. The number of ketones is 1. The van der Waals surface area contributed by atoms with Crippen LogP contribution in [0.5, 0.6) is 5.75 Å². The molecule has 1 N–H and O–H groups in total. The molecule has 172 valence electrons. The van der Waals surface area contributed by atoms with Crippen LogP contribution in [-0.2, 0) is 9.84 Å². The Labute approximate surface area is 187 Å². The summed E-state index contributed by atoms with van der Waals surface area (Å²) in [4.78, 5) is 27.4. The minimum Gasteiger partial charge on any atom is -0.496 e. The topological polar surface area (TPSA) is 92.8 Å². The third-order valence-electron chi connectivity index (χ3n) is 5.64. The molecule has 7 nitrogen and oxygen atoms in total. The van der Waals surface area contributed by atoms with Gasteiger partial charge in [-0.25, -0.2) is 12.8 Å². The Kier molecular flexibility index (Phi) is 7.63. The normalized spacial score (nSPS) is 15.3. The largest absolute Gasteiger partial charge is 0.496 e. The van der Waals surface area contributed by atoms with Crippen LogP contribution in [0.15, 0.2) is 47.4 Å². The molecule has 1 aliphatic rings. The van der Waals surface area contributed by atoms with E-state index in [-0.39, 0.29) is 28.0 Å². The van der Waals surface area contributed by atoms with Crippen molar-refractivity contribution >= 4 is 21.5 Å². The molecule has 1 saturated heterocycles. The van der Waals surface area contributed by atoms with Gasteiger partial charge in [0.1, 0.15) is 11.6 Å². The van der Waals surface area contributed by atoms with Gasteiger partial charge >= 0.3 is 0 Å². The average Bonchev–Trinajstić information content (AvgIpc) is 2.78. The van der Waals surface area contributed by atoms with Gasteiger partial charge in [0.05, 0.1) is 17.6 Å². The van der Waals surface area contributed by atoms with Gasteiger partial charge < -0.3 is 15.0 Å². The molecular weight excluding hydrogens is 435 g/mol. The number of sulfone groups is 1. The minimum atomic E-state index is -3.45. The number of methoxy groups -OCH3 is 1. The van der Waals surface area contributed by atoms with E-state index in [1.807, 2.05) is 0 Å². The lowest BCUT2D eigenvalue weighted by atomic mass is 9.89. The van der Waals surface area contributed by atoms with Crippen LogP contribution < -0.4 is 10.1 Å². The molecule has 0 spiro atoms. The van der Waals surface area contributed by atoms with Gasteiger partial charge in [-0.3, -0.25) is 9.59 Å². The number of hydrogen-bond acceptors (Lipinski definition) is 6. The van der Waals surface area contributed by atoms with Gasteiger partial charge in [0.2, 0.25) is 0 Å². The van der Waals surface area contributed by atoms with Gasteiger partial charge in [0.25, 0.3) is 5.91 Å². The van der Waals surface area contributed by atoms with Crippen LogP contribution >= 0.6 is 0 Å². The zero-order valence-electron chi connectivity index (χ0n) is 18.1. The van der Waals surface area contributed by atoms with Gasteiger partial charge in [0.15, 0.2) is 15.6 Å². The van der Waals surface area contributed by atoms with E-state index in [9.17, 15) is 22.4 Å². The van der Waals surface area contributed by atoms with Crippen molar-refractivity contribution in [3.05, 3.63) is 59.4 Å². The standard InChI is InChI=1S/C23H27FN2O5S/c1-31-21-8-7-19(32(2,29)30)15-20(21)23(28)25-11-14-26-12-9-17(10-13-26)22(27)16-3-5-18(24)6-4-16/h3-8,15,17H,9-14H2,1-2H3,(H,25,28). The van der Waals surface area contributed by atoms with Crippen LogP contribution in [0.1, 0.15) is 33.6 Å². The molecule has 3 rings (SSSR count). The molecule has 1 amide bonds. The fraction of sp³-hybridized carbons (Fsp3) is 0.391. The number of amides is 1. The summed E-state index contributed by atoms with van der Waals surface area (Å²) in [5, 5.41) is 2.81. The first-order chi connectivity index (χ1) is 15.2. The third-order valence-corrected chi connectivity index (χ3v) is 6.75. The van der Waals surface area contributed by atoms with Gasteiger partial charge in [-0.15, -0.1) is 0 Å². The maximum Gasteiger partial charge on any atom is 0.255 e. The van der Waals surface area contributed by atoms with Gasteiger partial charge in [0, 0.05) is 30.8 Å². The van der Waals surface area contributed by atoms with E-state index >= 15 is 0 Å². The number of ether oxygens (including phenoxy) is 1. The molecule has 1 fully saturated rings. The molecule has 2 aromatic rings. The van der Waals surface area contributed by atoms with Crippen molar-refractivity contribution in [2.75, 3.05) is 39.5 Å². The van der Waals surface area contributed by atoms with Crippen molar-refractivity contribution in [3.8, 4) is 5.75 Å². The highest BCUT2D eigenvalue weighted by Crippen LogP contribution is 2.23. The summed E-state index contributed by atoms with van der Waals surface area (Å²) in [7, 11) is -2.03. The summed E-state index contributed by atoms with van der Waals surface area (Å²) in [6, 6.07) is 9.82. The Balaban J connectivity index is 1.50. The number of nitrogens with zero attached hydrogens (tertiary/aromatic N) is 1. The van der Waals surface area contributed by atoms with Gasteiger partial charge in [-0.1, -0.05) is 0 Å². The second kappa shape index (κ2) is 10.2. The second-order valence-corrected chi connectivity index (χ2v) is 9.89. The highest BCUT2D eigenvalue weighted by atomic mass is 32.2. The Morgan fingerprint density at radius 3 is 2.38 bits per heavy atom. The van der Waals surface area contributed by atoms with Crippen LogP contribution in [0.25, 0.3) is 0 Å². The number of Topliss-reactive ketones (excluding diaryl/α,β-unsaturated/α-hetero) is 1.